The fourth-order valence-electron chi connectivity index (χ4n) is 2.12. The lowest BCUT2D eigenvalue weighted by atomic mass is 10.3. The van der Waals surface area contributed by atoms with Gasteiger partial charge >= 0.3 is 0 Å². The Bertz CT molecular complexity index is 860. The van der Waals surface area contributed by atoms with Gasteiger partial charge in [-0.15, -0.1) is 11.8 Å². The molecule has 0 saturated heterocycles. The lowest BCUT2D eigenvalue weighted by Crippen LogP contribution is -2.06. The van der Waals surface area contributed by atoms with Gasteiger partial charge < -0.3 is 9.26 Å². The summed E-state index contributed by atoms with van der Waals surface area (Å²) in [5.74, 6) is 1.37. The third kappa shape index (κ3) is 4.95. The Kier molecular flexibility index (Phi) is 5.48. The lowest BCUT2D eigenvalue weighted by molar-refractivity contribution is 0.175. The SMILES string of the molecule is C[C@H](Oc1ccc(Cl)nc1)c1nc(-c2ccc(SC(C)(C)C)cn2)no1. The van der Waals surface area contributed by atoms with Crippen molar-refractivity contribution < 1.29 is 9.26 Å². The van der Waals surface area contributed by atoms with Crippen molar-refractivity contribution in [3.63, 3.8) is 0 Å². The number of rotatable bonds is 5. The van der Waals surface area contributed by atoms with Gasteiger partial charge in [-0.3, -0.25) is 4.98 Å². The van der Waals surface area contributed by atoms with Crippen molar-refractivity contribution in [3.8, 4) is 17.3 Å². The maximum atomic E-state index is 5.77. The molecule has 3 heterocycles. The van der Waals surface area contributed by atoms with Gasteiger partial charge in [-0.25, -0.2) is 4.98 Å². The van der Waals surface area contributed by atoms with E-state index in [2.05, 4.69) is 40.9 Å². The summed E-state index contributed by atoms with van der Waals surface area (Å²) in [7, 11) is 0. The number of ether oxygens (including phenoxy) is 1. The van der Waals surface area contributed by atoms with Crippen molar-refractivity contribution >= 4 is 23.4 Å². The molecule has 6 nitrogen and oxygen atoms in total. The molecule has 0 aliphatic heterocycles. The summed E-state index contributed by atoms with van der Waals surface area (Å²) in [4.78, 5) is 13.9. The van der Waals surface area contributed by atoms with Crippen LogP contribution >= 0.6 is 23.4 Å². The minimum absolute atomic E-state index is 0.131. The van der Waals surface area contributed by atoms with E-state index in [9.17, 15) is 0 Å². The summed E-state index contributed by atoms with van der Waals surface area (Å²) in [6.45, 7) is 8.31. The Balaban J connectivity index is 1.69. The molecule has 0 N–H and O–H groups in total. The first-order valence-electron chi connectivity index (χ1n) is 8.07. The number of halogens is 1. The summed E-state index contributed by atoms with van der Waals surface area (Å²) in [6.07, 6.45) is 2.94. The first-order chi connectivity index (χ1) is 12.3. The zero-order valence-corrected chi connectivity index (χ0v) is 16.5. The van der Waals surface area contributed by atoms with Crippen LogP contribution in [0, 0.1) is 0 Å². The van der Waals surface area contributed by atoms with Crippen LogP contribution in [-0.2, 0) is 0 Å². The summed E-state index contributed by atoms with van der Waals surface area (Å²) >= 11 is 7.52. The van der Waals surface area contributed by atoms with Crippen LogP contribution < -0.4 is 4.74 Å². The molecular formula is C18H19ClN4O2S. The number of thioether (sulfide) groups is 1. The largest absolute Gasteiger partial charge is 0.479 e. The first kappa shape index (κ1) is 18.7. The second kappa shape index (κ2) is 7.63. The van der Waals surface area contributed by atoms with Gasteiger partial charge in [-0.1, -0.05) is 37.5 Å². The highest BCUT2D eigenvalue weighted by Gasteiger charge is 2.18. The molecule has 0 aliphatic carbocycles. The topological polar surface area (TPSA) is 73.9 Å². The summed E-state index contributed by atoms with van der Waals surface area (Å²) in [6, 6.07) is 7.28. The monoisotopic (exact) mass is 390 g/mol. The van der Waals surface area contributed by atoms with Gasteiger partial charge in [-0.2, -0.15) is 4.98 Å². The lowest BCUT2D eigenvalue weighted by Gasteiger charge is -2.16. The predicted octanol–water partition coefficient (Wildman–Crippen LogP) is 5.21. The van der Waals surface area contributed by atoms with E-state index in [0.717, 1.165) is 4.90 Å². The molecule has 0 radical (unpaired) electrons. The van der Waals surface area contributed by atoms with Crippen LogP contribution in [0.25, 0.3) is 11.5 Å². The number of pyridine rings is 2. The Morgan fingerprint density at radius 1 is 1.12 bits per heavy atom. The third-order valence-electron chi connectivity index (χ3n) is 3.19. The maximum Gasteiger partial charge on any atom is 0.267 e. The van der Waals surface area contributed by atoms with Gasteiger partial charge in [0.2, 0.25) is 5.82 Å². The quantitative estimate of drug-likeness (QED) is 0.437. The molecule has 8 heteroatoms. The number of hydrogen-bond acceptors (Lipinski definition) is 7. The maximum absolute atomic E-state index is 5.77. The molecule has 0 spiro atoms. The zero-order chi connectivity index (χ0) is 18.7. The predicted molar refractivity (Wildman–Crippen MR) is 101 cm³/mol. The van der Waals surface area contributed by atoms with Crippen molar-refractivity contribution in [2.45, 2.75) is 43.4 Å². The van der Waals surface area contributed by atoms with E-state index in [4.69, 9.17) is 20.9 Å². The third-order valence-corrected chi connectivity index (χ3v) is 4.51. The molecule has 0 bridgehead atoms. The van der Waals surface area contributed by atoms with Gasteiger partial charge in [0.05, 0.1) is 6.20 Å². The fourth-order valence-corrected chi connectivity index (χ4v) is 3.18. The van der Waals surface area contributed by atoms with Crippen LogP contribution in [-0.4, -0.2) is 24.9 Å². The molecule has 3 aromatic rings. The normalized spacial score (nSPS) is 12.8. The molecule has 3 aromatic heterocycles. The van der Waals surface area contributed by atoms with Gasteiger partial charge in [-0.05, 0) is 31.2 Å². The van der Waals surface area contributed by atoms with Gasteiger partial charge in [0.25, 0.3) is 5.89 Å². The highest BCUT2D eigenvalue weighted by Crippen LogP contribution is 2.32. The van der Waals surface area contributed by atoms with E-state index in [1.165, 1.54) is 0 Å². The molecule has 0 aliphatic rings. The molecule has 3 rings (SSSR count). The Morgan fingerprint density at radius 3 is 2.54 bits per heavy atom. The van der Waals surface area contributed by atoms with Crippen LogP contribution in [0.4, 0.5) is 0 Å². The zero-order valence-electron chi connectivity index (χ0n) is 14.9. The van der Waals surface area contributed by atoms with E-state index in [1.54, 1.807) is 30.1 Å². The van der Waals surface area contributed by atoms with E-state index in [-0.39, 0.29) is 4.75 Å². The van der Waals surface area contributed by atoms with E-state index < -0.39 is 6.10 Å². The average molecular weight is 391 g/mol. The van der Waals surface area contributed by atoms with Crippen molar-refractivity contribution in [1.29, 1.82) is 0 Å². The minimum atomic E-state index is -0.421. The van der Waals surface area contributed by atoms with Crippen LogP contribution in [0.2, 0.25) is 5.15 Å². The molecule has 0 aromatic carbocycles. The van der Waals surface area contributed by atoms with E-state index in [1.807, 2.05) is 25.3 Å². The Labute approximate surface area is 161 Å². The van der Waals surface area contributed by atoms with Crippen LogP contribution in [0.3, 0.4) is 0 Å². The highest BCUT2D eigenvalue weighted by atomic mass is 35.5. The molecule has 0 unspecified atom stereocenters. The number of hydrogen-bond donors (Lipinski definition) is 0. The number of aromatic nitrogens is 4. The van der Waals surface area contributed by atoms with Crippen molar-refractivity contribution in [3.05, 3.63) is 47.7 Å². The van der Waals surface area contributed by atoms with Crippen molar-refractivity contribution in [1.82, 2.24) is 20.1 Å². The summed E-state index contributed by atoms with van der Waals surface area (Å²) in [5, 5.41) is 4.40. The summed E-state index contributed by atoms with van der Waals surface area (Å²) < 4.78 is 11.2. The Morgan fingerprint density at radius 2 is 1.92 bits per heavy atom. The van der Waals surface area contributed by atoms with Crippen molar-refractivity contribution in [2.24, 2.45) is 0 Å². The average Bonchev–Trinajstić information content (AvgIpc) is 3.06. The second-order valence-corrected chi connectivity index (χ2v) is 8.91. The molecule has 0 fully saturated rings. The molecule has 0 saturated carbocycles. The van der Waals surface area contributed by atoms with E-state index >= 15 is 0 Å². The van der Waals surface area contributed by atoms with Crippen LogP contribution in [0.5, 0.6) is 5.75 Å². The van der Waals surface area contributed by atoms with Gasteiger partial charge in [0.15, 0.2) is 6.10 Å². The van der Waals surface area contributed by atoms with Crippen LogP contribution in [0.1, 0.15) is 39.7 Å². The first-order valence-corrected chi connectivity index (χ1v) is 9.27. The van der Waals surface area contributed by atoms with Crippen LogP contribution in [0.15, 0.2) is 46.1 Å². The number of nitrogens with zero attached hydrogens (tertiary/aromatic N) is 4. The van der Waals surface area contributed by atoms with E-state index in [0.29, 0.717) is 28.3 Å². The highest BCUT2D eigenvalue weighted by molar-refractivity contribution is 8.00. The van der Waals surface area contributed by atoms with Crippen molar-refractivity contribution in [2.75, 3.05) is 0 Å². The summed E-state index contributed by atoms with van der Waals surface area (Å²) in [5.41, 5.74) is 0.651. The Hall–Kier alpha value is -2.12. The fraction of sp³-hybridized carbons (Fsp3) is 0.333. The molecule has 136 valence electrons. The van der Waals surface area contributed by atoms with Gasteiger partial charge in [0.1, 0.15) is 16.6 Å². The molecule has 0 amide bonds. The molecule has 1 atom stereocenters. The second-order valence-electron chi connectivity index (χ2n) is 6.63. The standard InChI is InChI=1S/C18H19ClN4O2S/c1-11(24-12-5-8-15(19)21-9-12)17-22-16(23-25-17)14-7-6-13(10-20-14)26-18(2,3)4/h5-11H,1-4H3/t11-/m0/s1. The van der Waals surface area contributed by atoms with Gasteiger partial charge in [0, 0.05) is 15.8 Å². The molecule has 26 heavy (non-hydrogen) atoms. The smallest absolute Gasteiger partial charge is 0.267 e. The minimum Gasteiger partial charge on any atom is -0.479 e. The molecular weight excluding hydrogens is 372 g/mol.